The second kappa shape index (κ2) is 4.73. The number of carbonyl (C=O) groups is 1. The second-order valence-corrected chi connectivity index (χ2v) is 3.54. The van der Waals surface area contributed by atoms with Crippen molar-refractivity contribution in [2.45, 2.75) is 6.92 Å². The van der Waals surface area contributed by atoms with Crippen molar-refractivity contribution < 1.29 is 14.1 Å². The predicted octanol–water partition coefficient (Wildman–Crippen LogP) is 0.852. The predicted molar refractivity (Wildman–Crippen MR) is 65.5 cm³/mol. The first kappa shape index (κ1) is 11.3. The Kier molecular flexibility index (Phi) is 3.14. The van der Waals surface area contributed by atoms with Gasteiger partial charge in [-0.15, -0.1) is 0 Å². The van der Waals surface area contributed by atoms with Gasteiger partial charge in [0.15, 0.2) is 13.7 Å². The van der Waals surface area contributed by atoms with E-state index in [1.807, 2.05) is 13.0 Å². The average Bonchev–Trinajstić information content (AvgIpc) is 2.62. The summed E-state index contributed by atoms with van der Waals surface area (Å²) in [6.07, 6.45) is -0.590. The zero-order valence-corrected chi connectivity index (χ0v) is 9.56. The van der Waals surface area contributed by atoms with E-state index < -0.39 is 6.09 Å². The molecule has 1 aromatic heterocycles. The molecule has 0 saturated heterocycles. The van der Waals surface area contributed by atoms with Crippen LogP contribution in [0.5, 0.6) is 5.75 Å². The minimum atomic E-state index is -0.590. The first-order valence-electron chi connectivity index (χ1n) is 5.13. The van der Waals surface area contributed by atoms with E-state index in [2.05, 4.69) is 10.5 Å². The van der Waals surface area contributed by atoms with Crippen molar-refractivity contribution in [3.63, 3.8) is 0 Å². The zero-order chi connectivity index (χ0) is 12.3. The van der Waals surface area contributed by atoms with Gasteiger partial charge in [-0.05, 0) is 19.1 Å². The van der Waals surface area contributed by atoms with Crippen LogP contribution in [0.3, 0.4) is 0 Å². The topological polar surface area (TPSA) is 64.4 Å². The van der Waals surface area contributed by atoms with E-state index in [1.54, 1.807) is 32.1 Å². The summed E-state index contributed by atoms with van der Waals surface area (Å²) in [5.41, 5.74) is 1.45. The van der Waals surface area contributed by atoms with Crippen molar-refractivity contribution >= 4 is 25.4 Å². The van der Waals surface area contributed by atoms with Gasteiger partial charge in [-0.2, -0.15) is 0 Å². The molecular formula is C11H11BN2O3. The third-order valence-corrected chi connectivity index (χ3v) is 2.33. The lowest BCUT2D eigenvalue weighted by Gasteiger charge is -2.04. The van der Waals surface area contributed by atoms with E-state index in [4.69, 9.17) is 9.26 Å². The molecule has 1 aromatic carbocycles. The largest absolute Gasteiger partial charge is 0.418 e. The maximum Gasteiger partial charge on any atom is 0.418 e. The minimum Gasteiger partial charge on any atom is -0.410 e. The van der Waals surface area contributed by atoms with E-state index in [-0.39, 0.29) is 0 Å². The van der Waals surface area contributed by atoms with Crippen LogP contribution in [0.25, 0.3) is 0 Å². The molecule has 0 atom stereocenters. The number of benzene rings is 1. The van der Waals surface area contributed by atoms with Gasteiger partial charge in [0.25, 0.3) is 0 Å². The van der Waals surface area contributed by atoms with Crippen molar-refractivity contribution in [3.05, 3.63) is 35.9 Å². The fourth-order valence-corrected chi connectivity index (χ4v) is 1.25. The summed E-state index contributed by atoms with van der Waals surface area (Å²) in [6.45, 7) is 1.81. The highest BCUT2D eigenvalue weighted by molar-refractivity contribution is 6.31. The Hall–Kier alpha value is -2.24. The first-order chi connectivity index (χ1) is 8.16. The first-order valence-corrected chi connectivity index (χ1v) is 5.13. The van der Waals surface area contributed by atoms with Crippen molar-refractivity contribution in [2.75, 3.05) is 5.32 Å². The number of rotatable bonds is 2. The molecule has 6 heteroatoms. The van der Waals surface area contributed by atoms with Gasteiger partial charge in [0, 0.05) is 5.56 Å². The van der Waals surface area contributed by atoms with E-state index >= 15 is 0 Å². The molecule has 0 bridgehead atoms. The Morgan fingerprint density at radius 1 is 1.41 bits per heavy atom. The number of para-hydroxylation sites is 1. The lowest BCUT2D eigenvalue weighted by atomic mass is 10.0. The van der Waals surface area contributed by atoms with Gasteiger partial charge in [0.2, 0.25) is 0 Å². The average molecular weight is 230 g/mol. The molecule has 1 N–H and O–H groups in total. The number of aromatic nitrogens is 1. The Morgan fingerprint density at radius 3 is 2.71 bits per heavy atom. The Balaban J connectivity index is 2.01. The summed E-state index contributed by atoms with van der Waals surface area (Å²) in [6, 6.07) is 8.80. The van der Waals surface area contributed by atoms with E-state index in [0.717, 1.165) is 5.56 Å². The fraction of sp³-hybridized carbons (Fsp3) is 0.0909. The van der Waals surface area contributed by atoms with E-state index in [1.165, 1.54) is 0 Å². The van der Waals surface area contributed by atoms with Crippen LogP contribution < -0.4 is 15.7 Å². The molecule has 5 nitrogen and oxygen atoms in total. The molecule has 0 aliphatic rings. The lowest BCUT2D eigenvalue weighted by Crippen LogP contribution is -2.18. The summed E-state index contributed by atoms with van der Waals surface area (Å²) in [5, 5.41) is 6.22. The maximum atomic E-state index is 11.5. The molecule has 1 heterocycles. The van der Waals surface area contributed by atoms with Gasteiger partial charge in [0.1, 0.15) is 5.75 Å². The monoisotopic (exact) mass is 230 g/mol. The summed E-state index contributed by atoms with van der Waals surface area (Å²) < 4.78 is 9.98. The van der Waals surface area contributed by atoms with Crippen LogP contribution in [0, 0.1) is 6.92 Å². The summed E-state index contributed by atoms with van der Waals surface area (Å²) >= 11 is 0. The van der Waals surface area contributed by atoms with Crippen LogP contribution in [0.4, 0.5) is 10.6 Å². The van der Waals surface area contributed by atoms with Crippen LogP contribution in [0.15, 0.2) is 34.9 Å². The second-order valence-electron chi connectivity index (χ2n) is 3.54. The molecule has 0 saturated carbocycles. The normalized spacial score (nSPS) is 9.94. The molecule has 0 spiro atoms. The zero-order valence-electron chi connectivity index (χ0n) is 9.56. The maximum absolute atomic E-state index is 11.5. The Bertz CT molecular complexity index is 525. The molecule has 1 amide bonds. The Labute approximate surface area is 99.2 Å². The number of nitrogens with zero attached hydrogens (tertiary/aromatic N) is 1. The van der Waals surface area contributed by atoms with Gasteiger partial charge >= 0.3 is 6.09 Å². The number of hydrogen-bond donors (Lipinski definition) is 1. The highest BCUT2D eigenvalue weighted by Gasteiger charge is 2.12. The van der Waals surface area contributed by atoms with Crippen LogP contribution in [-0.4, -0.2) is 19.1 Å². The summed E-state index contributed by atoms with van der Waals surface area (Å²) in [4.78, 5) is 11.5. The van der Waals surface area contributed by atoms with Crippen LogP contribution in [0.1, 0.15) is 5.56 Å². The highest BCUT2D eigenvalue weighted by atomic mass is 16.6. The quantitative estimate of drug-likeness (QED) is 0.776. The van der Waals surface area contributed by atoms with Gasteiger partial charge < -0.3 is 9.26 Å². The number of hydrogen-bond acceptors (Lipinski definition) is 4. The van der Waals surface area contributed by atoms with Gasteiger partial charge in [-0.3, -0.25) is 5.32 Å². The Morgan fingerprint density at radius 2 is 2.12 bits per heavy atom. The molecule has 0 fully saturated rings. The number of amides is 1. The van der Waals surface area contributed by atoms with E-state index in [9.17, 15) is 4.79 Å². The van der Waals surface area contributed by atoms with Gasteiger partial charge in [0.05, 0.1) is 5.66 Å². The number of carbonyl (C=O) groups excluding carboxylic acids is 1. The third kappa shape index (κ3) is 2.66. The molecule has 0 aliphatic heterocycles. The van der Waals surface area contributed by atoms with Crippen LogP contribution in [-0.2, 0) is 0 Å². The molecule has 0 aliphatic carbocycles. The smallest absolute Gasteiger partial charge is 0.410 e. The van der Waals surface area contributed by atoms with Crippen molar-refractivity contribution in [2.24, 2.45) is 0 Å². The standard InChI is InChI=1S/C11H11BN2O3/c1-7-9(12)17-14-10(7)13-11(15)16-8-5-3-2-4-6-8/h2-6H,12H2,1H3,(H,13,14,15). The number of anilines is 1. The fourth-order valence-electron chi connectivity index (χ4n) is 1.25. The molecule has 86 valence electrons. The number of ether oxygens (including phenoxy) is 1. The molecular weight excluding hydrogens is 219 g/mol. The SMILES string of the molecule is Bc1onc(NC(=O)Oc2ccccc2)c1C. The lowest BCUT2D eigenvalue weighted by molar-refractivity contribution is 0.215. The van der Waals surface area contributed by atoms with Crippen LogP contribution in [0.2, 0.25) is 0 Å². The van der Waals surface area contributed by atoms with Gasteiger partial charge in [-0.1, -0.05) is 23.4 Å². The van der Waals surface area contributed by atoms with Crippen molar-refractivity contribution in [1.82, 2.24) is 5.16 Å². The molecule has 0 radical (unpaired) electrons. The van der Waals surface area contributed by atoms with E-state index in [0.29, 0.717) is 17.2 Å². The molecule has 2 aromatic rings. The van der Waals surface area contributed by atoms with Crippen LogP contribution >= 0.6 is 0 Å². The van der Waals surface area contributed by atoms with Gasteiger partial charge in [-0.25, -0.2) is 4.79 Å². The number of nitrogens with one attached hydrogen (secondary N) is 1. The molecule has 17 heavy (non-hydrogen) atoms. The highest BCUT2D eigenvalue weighted by Crippen LogP contribution is 2.12. The molecule has 2 rings (SSSR count). The summed E-state index contributed by atoms with van der Waals surface area (Å²) in [7, 11) is 1.77. The van der Waals surface area contributed by atoms with Crippen molar-refractivity contribution in [1.29, 1.82) is 0 Å². The minimum absolute atomic E-state index is 0.378. The summed E-state index contributed by atoms with van der Waals surface area (Å²) in [5.74, 6) is 0.853. The third-order valence-electron chi connectivity index (χ3n) is 2.33. The van der Waals surface area contributed by atoms with Crippen molar-refractivity contribution in [3.8, 4) is 5.75 Å². The molecule has 0 unspecified atom stereocenters.